The van der Waals surface area contributed by atoms with Gasteiger partial charge in [-0.15, -0.1) is 0 Å². The number of hydrogen-bond acceptors (Lipinski definition) is 2. The molecule has 0 radical (unpaired) electrons. The first-order chi connectivity index (χ1) is 3.55. The molecule has 0 saturated carbocycles. The molecule has 0 fully saturated rings. The van der Waals surface area contributed by atoms with Gasteiger partial charge in [0.1, 0.15) is 0 Å². The Bertz CT molecular complexity index is 94.0. The van der Waals surface area contributed by atoms with Crippen LogP contribution in [0.4, 0.5) is 0 Å². The first kappa shape index (κ1) is 8.16. The summed E-state index contributed by atoms with van der Waals surface area (Å²) in [7, 11) is 3.45. The minimum Gasteiger partial charge on any atom is -0.479 e. The lowest BCUT2D eigenvalue weighted by Crippen LogP contribution is -2.29. The lowest BCUT2D eigenvalue weighted by atomic mass is 10.6. The third-order valence-corrected chi connectivity index (χ3v) is 2.30. The predicted octanol–water partition coefficient (Wildman–Crippen LogP) is 0.394. The summed E-state index contributed by atoms with van der Waals surface area (Å²) in [5.41, 5.74) is 0. The van der Waals surface area contributed by atoms with Gasteiger partial charge in [0.25, 0.3) is 0 Å². The van der Waals surface area contributed by atoms with Crippen molar-refractivity contribution in [2.75, 3.05) is 14.1 Å². The van der Waals surface area contributed by atoms with E-state index >= 15 is 0 Å². The number of halogens is 1. The summed E-state index contributed by atoms with van der Waals surface area (Å²) in [5.74, 6) is -0.796. The number of rotatable bonds is 2. The van der Waals surface area contributed by atoms with Crippen molar-refractivity contribution < 1.29 is 9.90 Å². The predicted molar refractivity (Wildman–Crippen MR) is 39.1 cm³/mol. The van der Waals surface area contributed by atoms with Crippen LogP contribution in [0.5, 0.6) is 0 Å². The highest BCUT2D eigenvalue weighted by Crippen LogP contribution is 2.01. The average Bonchev–Trinajstić information content (AvgIpc) is 1.64. The first-order valence-electron chi connectivity index (χ1n) is 2.09. The van der Waals surface area contributed by atoms with E-state index in [1.807, 2.05) is 22.6 Å². The van der Waals surface area contributed by atoms with E-state index < -0.39 is 10.0 Å². The zero-order valence-electron chi connectivity index (χ0n) is 4.76. The van der Waals surface area contributed by atoms with Crippen molar-refractivity contribution in [2.45, 2.75) is 4.05 Å². The van der Waals surface area contributed by atoms with E-state index in [4.69, 9.17) is 5.11 Å². The fraction of sp³-hybridized carbons (Fsp3) is 0.750. The van der Waals surface area contributed by atoms with E-state index in [0.717, 1.165) is 0 Å². The Balaban J connectivity index is 3.64. The van der Waals surface area contributed by atoms with Crippen molar-refractivity contribution in [1.29, 1.82) is 0 Å². The Kier molecular flexibility index (Phi) is 3.30. The highest BCUT2D eigenvalue weighted by Gasteiger charge is 2.13. The van der Waals surface area contributed by atoms with E-state index in [9.17, 15) is 4.79 Å². The average molecular weight is 229 g/mol. The van der Waals surface area contributed by atoms with E-state index in [1.54, 1.807) is 19.0 Å². The lowest BCUT2D eigenvalue weighted by molar-refractivity contribution is -0.138. The van der Waals surface area contributed by atoms with E-state index in [1.165, 1.54) is 0 Å². The summed E-state index contributed by atoms with van der Waals surface area (Å²) in [6, 6.07) is 0. The van der Waals surface area contributed by atoms with E-state index in [-0.39, 0.29) is 0 Å². The maximum Gasteiger partial charge on any atom is 0.331 e. The van der Waals surface area contributed by atoms with Gasteiger partial charge < -0.3 is 5.11 Å². The molecule has 8 heavy (non-hydrogen) atoms. The molecule has 0 aromatic carbocycles. The van der Waals surface area contributed by atoms with Crippen LogP contribution in [0.25, 0.3) is 0 Å². The van der Waals surface area contributed by atoms with E-state index in [2.05, 4.69) is 0 Å². The topological polar surface area (TPSA) is 40.5 Å². The molecule has 0 heterocycles. The molecular formula is C4H8INO2. The highest BCUT2D eigenvalue weighted by molar-refractivity contribution is 14.1. The molecule has 0 aliphatic carbocycles. The van der Waals surface area contributed by atoms with Gasteiger partial charge in [-0.3, -0.25) is 4.90 Å². The quantitative estimate of drug-likeness (QED) is 0.423. The second-order valence-corrected chi connectivity index (χ2v) is 2.82. The highest BCUT2D eigenvalue weighted by atomic mass is 127. The molecule has 4 heteroatoms. The molecule has 0 aromatic heterocycles. The molecule has 0 aliphatic heterocycles. The minimum absolute atomic E-state index is 0.410. The van der Waals surface area contributed by atoms with Crippen molar-refractivity contribution >= 4 is 28.6 Å². The molecule has 0 amide bonds. The van der Waals surface area contributed by atoms with Crippen LogP contribution >= 0.6 is 22.6 Å². The Hall–Kier alpha value is 0.160. The van der Waals surface area contributed by atoms with Crippen molar-refractivity contribution in [3.63, 3.8) is 0 Å². The monoisotopic (exact) mass is 229 g/mol. The largest absolute Gasteiger partial charge is 0.479 e. The molecule has 0 aromatic rings. The minimum atomic E-state index is -0.796. The molecule has 0 unspecified atom stereocenters. The van der Waals surface area contributed by atoms with Crippen molar-refractivity contribution in [1.82, 2.24) is 4.90 Å². The van der Waals surface area contributed by atoms with Crippen molar-refractivity contribution in [3.8, 4) is 0 Å². The van der Waals surface area contributed by atoms with Crippen LogP contribution in [0, 0.1) is 0 Å². The number of carboxylic acid groups (broad SMARTS) is 1. The molecule has 1 atom stereocenters. The molecular weight excluding hydrogens is 221 g/mol. The summed E-state index contributed by atoms with van der Waals surface area (Å²) < 4.78 is -0.410. The van der Waals surface area contributed by atoms with E-state index in [0.29, 0.717) is 0 Å². The Morgan fingerprint density at radius 3 is 2.12 bits per heavy atom. The summed E-state index contributed by atoms with van der Waals surface area (Å²) in [5, 5.41) is 8.30. The maximum atomic E-state index is 10.1. The van der Waals surface area contributed by atoms with Gasteiger partial charge in [-0.1, -0.05) is 22.6 Å². The summed E-state index contributed by atoms with van der Waals surface area (Å²) in [6.07, 6.45) is 0. The van der Waals surface area contributed by atoms with Gasteiger partial charge in [0.15, 0.2) is 4.05 Å². The number of alkyl halides is 1. The normalized spacial score (nSPS) is 14.0. The van der Waals surface area contributed by atoms with Gasteiger partial charge in [-0.2, -0.15) is 0 Å². The van der Waals surface area contributed by atoms with Crippen molar-refractivity contribution in [3.05, 3.63) is 0 Å². The van der Waals surface area contributed by atoms with Crippen molar-refractivity contribution in [2.24, 2.45) is 0 Å². The number of hydrogen-bond donors (Lipinski definition) is 1. The van der Waals surface area contributed by atoms with Crippen LogP contribution in [0.1, 0.15) is 0 Å². The molecule has 48 valence electrons. The second kappa shape index (κ2) is 3.24. The maximum absolute atomic E-state index is 10.1. The lowest BCUT2D eigenvalue weighted by Gasteiger charge is -2.11. The molecule has 0 bridgehead atoms. The van der Waals surface area contributed by atoms with Gasteiger partial charge in [0.2, 0.25) is 0 Å². The van der Waals surface area contributed by atoms with Crippen LogP contribution in [0.2, 0.25) is 0 Å². The standard InChI is InChI=1S/C4H8INO2/c1-6(2)3(5)4(7)8/h3H,1-2H3,(H,7,8)/t3-/m1/s1. The molecule has 0 saturated heterocycles. The van der Waals surface area contributed by atoms with Gasteiger partial charge >= 0.3 is 5.97 Å². The molecule has 3 nitrogen and oxygen atoms in total. The third-order valence-electron chi connectivity index (χ3n) is 0.657. The molecule has 0 aliphatic rings. The summed E-state index contributed by atoms with van der Waals surface area (Å²) >= 11 is 1.85. The van der Waals surface area contributed by atoms with Crippen LogP contribution in [0.3, 0.4) is 0 Å². The van der Waals surface area contributed by atoms with Crippen LogP contribution in [-0.2, 0) is 4.79 Å². The second-order valence-electron chi connectivity index (χ2n) is 1.64. The Labute approximate surface area is 61.8 Å². The smallest absolute Gasteiger partial charge is 0.331 e. The van der Waals surface area contributed by atoms with Gasteiger partial charge in [-0.25, -0.2) is 4.79 Å². The fourth-order valence-corrected chi connectivity index (χ4v) is 0.221. The van der Waals surface area contributed by atoms with Gasteiger partial charge in [0.05, 0.1) is 0 Å². The van der Waals surface area contributed by atoms with Gasteiger partial charge in [0, 0.05) is 0 Å². The van der Waals surface area contributed by atoms with Gasteiger partial charge in [-0.05, 0) is 14.1 Å². The zero-order chi connectivity index (χ0) is 6.73. The summed E-state index contributed by atoms with van der Waals surface area (Å²) in [4.78, 5) is 11.7. The number of likely N-dealkylation sites (N-methyl/N-ethyl adjacent to an activating group) is 1. The number of carboxylic acids is 1. The van der Waals surface area contributed by atoms with Crippen LogP contribution < -0.4 is 0 Å². The molecule has 0 spiro atoms. The number of aliphatic carboxylic acids is 1. The fourth-order valence-electron chi connectivity index (χ4n) is 0.221. The third kappa shape index (κ3) is 2.46. The SMILES string of the molecule is CN(C)[C@@H](I)C(=O)O. The van der Waals surface area contributed by atoms with Crippen LogP contribution in [0.15, 0.2) is 0 Å². The van der Waals surface area contributed by atoms with Crippen LogP contribution in [-0.4, -0.2) is 34.1 Å². The molecule has 1 N–H and O–H groups in total. The Morgan fingerprint density at radius 1 is 1.75 bits per heavy atom. The summed E-state index contributed by atoms with van der Waals surface area (Å²) in [6.45, 7) is 0. The first-order valence-corrected chi connectivity index (χ1v) is 3.33. The molecule has 0 rings (SSSR count). The zero-order valence-corrected chi connectivity index (χ0v) is 6.92. The number of nitrogens with zero attached hydrogens (tertiary/aromatic N) is 1. The number of carbonyl (C=O) groups is 1. The Morgan fingerprint density at radius 2 is 2.12 bits per heavy atom.